The molecule has 108 valence electrons. The van der Waals surface area contributed by atoms with E-state index in [1.54, 1.807) is 0 Å². The Kier molecular flexibility index (Phi) is 4.29. The maximum atomic E-state index is 3.92. The molecule has 2 aromatic rings. The SMILES string of the molecule is C1CCc2nnnn2CC1.C1CCc2nnnn2CC1. The second-order valence-corrected chi connectivity index (χ2v) is 5.26. The molecule has 2 aromatic heterocycles. The molecule has 8 nitrogen and oxygen atoms in total. The Labute approximate surface area is 117 Å². The van der Waals surface area contributed by atoms with Crippen molar-refractivity contribution in [2.24, 2.45) is 0 Å². The molecule has 4 heterocycles. The molecule has 0 aliphatic carbocycles. The summed E-state index contributed by atoms with van der Waals surface area (Å²) in [5, 5.41) is 22.8. The third-order valence-corrected chi connectivity index (χ3v) is 3.75. The molecule has 0 aromatic carbocycles. The monoisotopic (exact) mass is 276 g/mol. The zero-order chi connectivity index (χ0) is 13.6. The molecule has 0 bridgehead atoms. The van der Waals surface area contributed by atoms with E-state index in [4.69, 9.17) is 0 Å². The highest BCUT2D eigenvalue weighted by Gasteiger charge is 2.09. The first-order valence-corrected chi connectivity index (χ1v) is 7.43. The van der Waals surface area contributed by atoms with Crippen LogP contribution in [0.4, 0.5) is 0 Å². The average Bonchev–Trinajstić information content (AvgIpc) is 2.98. The topological polar surface area (TPSA) is 87.2 Å². The van der Waals surface area contributed by atoms with Gasteiger partial charge in [-0.3, -0.25) is 0 Å². The van der Waals surface area contributed by atoms with Crippen LogP contribution in [0.3, 0.4) is 0 Å². The van der Waals surface area contributed by atoms with E-state index in [2.05, 4.69) is 31.1 Å². The number of tetrazole rings is 2. The molecule has 20 heavy (non-hydrogen) atoms. The standard InChI is InChI=1S/2C6H10N4/c2*1-2-4-6-7-8-9-10(6)5-3-1/h2*1-5H2. The van der Waals surface area contributed by atoms with E-state index in [0.29, 0.717) is 0 Å². The lowest BCUT2D eigenvalue weighted by Gasteiger charge is -1.94. The van der Waals surface area contributed by atoms with E-state index >= 15 is 0 Å². The second kappa shape index (κ2) is 6.53. The first kappa shape index (κ1) is 13.1. The van der Waals surface area contributed by atoms with Crippen molar-refractivity contribution < 1.29 is 0 Å². The van der Waals surface area contributed by atoms with Gasteiger partial charge in [0.25, 0.3) is 0 Å². The van der Waals surface area contributed by atoms with Crippen molar-refractivity contribution >= 4 is 0 Å². The van der Waals surface area contributed by atoms with Crippen LogP contribution in [-0.4, -0.2) is 40.4 Å². The van der Waals surface area contributed by atoms with Gasteiger partial charge in [0.1, 0.15) is 0 Å². The number of fused-ring (bicyclic) bond motifs is 2. The fourth-order valence-electron chi connectivity index (χ4n) is 2.59. The molecule has 0 amide bonds. The van der Waals surface area contributed by atoms with Crippen molar-refractivity contribution in [2.75, 3.05) is 0 Å². The Hall–Kier alpha value is -1.86. The Morgan fingerprint density at radius 3 is 1.60 bits per heavy atom. The van der Waals surface area contributed by atoms with Crippen LogP contribution >= 0.6 is 0 Å². The lowest BCUT2D eigenvalue weighted by Crippen LogP contribution is -2.02. The van der Waals surface area contributed by atoms with Gasteiger partial charge in [-0.25, -0.2) is 9.36 Å². The predicted octanol–water partition coefficient (Wildman–Crippen LogP) is 0.799. The van der Waals surface area contributed by atoms with E-state index in [1.807, 2.05) is 9.36 Å². The maximum Gasteiger partial charge on any atom is 0.151 e. The normalized spacial score (nSPS) is 18.0. The van der Waals surface area contributed by atoms with Crippen LogP contribution in [-0.2, 0) is 25.9 Å². The van der Waals surface area contributed by atoms with Crippen molar-refractivity contribution in [3.8, 4) is 0 Å². The van der Waals surface area contributed by atoms with Gasteiger partial charge in [0.2, 0.25) is 0 Å². The summed E-state index contributed by atoms with van der Waals surface area (Å²) in [6.07, 6.45) is 9.60. The molecule has 0 saturated carbocycles. The first-order chi connectivity index (χ1) is 9.93. The highest BCUT2D eigenvalue weighted by atomic mass is 15.5. The number of nitrogens with zero attached hydrogens (tertiary/aromatic N) is 8. The molecule has 0 unspecified atom stereocenters. The highest BCUT2D eigenvalue weighted by Crippen LogP contribution is 2.10. The Balaban J connectivity index is 0.000000121. The van der Waals surface area contributed by atoms with Crippen molar-refractivity contribution in [1.82, 2.24) is 40.4 Å². The summed E-state index contributed by atoms with van der Waals surface area (Å²) >= 11 is 0. The van der Waals surface area contributed by atoms with Gasteiger partial charge in [-0.1, -0.05) is 12.8 Å². The quantitative estimate of drug-likeness (QED) is 0.707. The second-order valence-electron chi connectivity index (χ2n) is 5.26. The number of rotatable bonds is 0. The summed E-state index contributed by atoms with van der Waals surface area (Å²) in [4.78, 5) is 0. The average molecular weight is 276 g/mol. The third kappa shape index (κ3) is 3.17. The largest absolute Gasteiger partial charge is 0.230 e. The Bertz CT molecular complexity index is 442. The van der Waals surface area contributed by atoms with Crippen LogP contribution in [0.25, 0.3) is 0 Å². The molecule has 0 spiro atoms. The Morgan fingerprint density at radius 1 is 0.600 bits per heavy atom. The van der Waals surface area contributed by atoms with E-state index in [-0.39, 0.29) is 0 Å². The number of hydrogen-bond acceptors (Lipinski definition) is 6. The zero-order valence-corrected chi connectivity index (χ0v) is 11.6. The molecule has 2 aliphatic heterocycles. The van der Waals surface area contributed by atoms with E-state index in [0.717, 1.165) is 37.6 Å². The first-order valence-electron chi connectivity index (χ1n) is 7.43. The number of aromatic nitrogens is 8. The zero-order valence-electron chi connectivity index (χ0n) is 11.6. The molecular weight excluding hydrogens is 256 g/mol. The van der Waals surface area contributed by atoms with Crippen LogP contribution < -0.4 is 0 Å². The molecule has 0 N–H and O–H groups in total. The number of aryl methyl sites for hydroxylation is 4. The van der Waals surface area contributed by atoms with Gasteiger partial charge in [-0.05, 0) is 46.5 Å². The molecule has 8 heteroatoms. The number of hydrogen-bond donors (Lipinski definition) is 0. The summed E-state index contributed by atoms with van der Waals surface area (Å²) in [6, 6.07) is 0. The van der Waals surface area contributed by atoms with Gasteiger partial charge < -0.3 is 0 Å². The lowest BCUT2D eigenvalue weighted by molar-refractivity contribution is 0.556. The maximum absolute atomic E-state index is 3.92. The van der Waals surface area contributed by atoms with Crippen LogP contribution in [0, 0.1) is 0 Å². The molecule has 0 saturated heterocycles. The summed E-state index contributed by atoms with van der Waals surface area (Å²) in [5.74, 6) is 2.11. The van der Waals surface area contributed by atoms with Crippen molar-refractivity contribution in [2.45, 2.75) is 64.5 Å². The fraction of sp³-hybridized carbons (Fsp3) is 0.833. The fourth-order valence-corrected chi connectivity index (χ4v) is 2.59. The van der Waals surface area contributed by atoms with Gasteiger partial charge in [-0.15, -0.1) is 10.2 Å². The molecule has 0 atom stereocenters. The third-order valence-electron chi connectivity index (χ3n) is 3.75. The lowest BCUT2D eigenvalue weighted by atomic mass is 10.2. The van der Waals surface area contributed by atoms with Crippen LogP contribution in [0.1, 0.15) is 50.2 Å². The summed E-state index contributed by atoms with van der Waals surface area (Å²) in [5.41, 5.74) is 0. The minimum absolute atomic E-state index is 1.00. The minimum atomic E-state index is 1.00. The van der Waals surface area contributed by atoms with E-state index < -0.39 is 0 Å². The van der Waals surface area contributed by atoms with Crippen molar-refractivity contribution in [3.63, 3.8) is 0 Å². The van der Waals surface area contributed by atoms with Crippen LogP contribution in [0.15, 0.2) is 0 Å². The predicted molar refractivity (Wildman–Crippen MR) is 70.7 cm³/mol. The summed E-state index contributed by atoms with van der Waals surface area (Å²) in [7, 11) is 0. The van der Waals surface area contributed by atoms with E-state index in [1.165, 1.54) is 38.5 Å². The smallest absolute Gasteiger partial charge is 0.151 e. The summed E-state index contributed by atoms with van der Waals surface area (Å²) in [6.45, 7) is 2.00. The molecule has 2 aliphatic rings. The molecular formula is C12H20N8. The summed E-state index contributed by atoms with van der Waals surface area (Å²) < 4.78 is 3.82. The van der Waals surface area contributed by atoms with Gasteiger partial charge in [0.15, 0.2) is 11.6 Å². The Morgan fingerprint density at radius 2 is 1.10 bits per heavy atom. The molecule has 0 radical (unpaired) electrons. The van der Waals surface area contributed by atoms with Crippen LogP contribution in [0.2, 0.25) is 0 Å². The minimum Gasteiger partial charge on any atom is -0.230 e. The van der Waals surface area contributed by atoms with Gasteiger partial charge in [0.05, 0.1) is 0 Å². The van der Waals surface area contributed by atoms with Crippen molar-refractivity contribution in [3.05, 3.63) is 11.6 Å². The molecule has 4 rings (SSSR count). The van der Waals surface area contributed by atoms with Gasteiger partial charge >= 0.3 is 0 Å². The highest BCUT2D eigenvalue weighted by molar-refractivity contribution is 4.83. The molecule has 0 fully saturated rings. The van der Waals surface area contributed by atoms with Gasteiger partial charge in [-0.2, -0.15) is 0 Å². The van der Waals surface area contributed by atoms with Crippen molar-refractivity contribution in [1.29, 1.82) is 0 Å². The van der Waals surface area contributed by atoms with Crippen LogP contribution in [0.5, 0.6) is 0 Å². The van der Waals surface area contributed by atoms with E-state index in [9.17, 15) is 0 Å². The van der Waals surface area contributed by atoms with Gasteiger partial charge in [0, 0.05) is 25.9 Å².